The first-order chi connectivity index (χ1) is 8.85. The van der Waals surface area contributed by atoms with Crippen molar-refractivity contribution < 1.29 is 9.47 Å². The molecule has 1 aliphatic heterocycles. The largest absolute Gasteiger partial charge is 0.382 e. The molecule has 1 N–H and O–H groups in total. The van der Waals surface area contributed by atoms with Gasteiger partial charge in [0.15, 0.2) is 0 Å². The molecule has 1 aliphatic rings. The lowest BCUT2D eigenvalue weighted by Gasteiger charge is -2.08. The fourth-order valence-corrected chi connectivity index (χ4v) is 2.11. The summed E-state index contributed by atoms with van der Waals surface area (Å²) in [6.45, 7) is 5.82. The van der Waals surface area contributed by atoms with Gasteiger partial charge < -0.3 is 14.8 Å². The topological polar surface area (TPSA) is 56.3 Å². The zero-order valence-corrected chi connectivity index (χ0v) is 11.2. The molecule has 5 heteroatoms. The monoisotopic (exact) mass is 251 g/mol. The molecular weight excluding hydrogens is 230 g/mol. The van der Waals surface area contributed by atoms with E-state index in [9.17, 15) is 0 Å². The van der Waals surface area contributed by atoms with Gasteiger partial charge in [-0.25, -0.2) is 9.97 Å². The van der Waals surface area contributed by atoms with Gasteiger partial charge in [0.2, 0.25) is 0 Å². The summed E-state index contributed by atoms with van der Waals surface area (Å²) >= 11 is 0. The van der Waals surface area contributed by atoms with E-state index in [4.69, 9.17) is 9.47 Å². The zero-order chi connectivity index (χ0) is 12.8. The van der Waals surface area contributed by atoms with Crippen LogP contribution < -0.4 is 5.32 Å². The number of hydrogen-bond acceptors (Lipinski definition) is 5. The van der Waals surface area contributed by atoms with Gasteiger partial charge in [0.05, 0.1) is 25.5 Å². The summed E-state index contributed by atoms with van der Waals surface area (Å²) in [6, 6.07) is 0. The van der Waals surface area contributed by atoms with E-state index in [1.165, 1.54) is 11.3 Å². The Balaban J connectivity index is 1.93. The highest BCUT2D eigenvalue weighted by molar-refractivity contribution is 5.29. The third-order valence-electron chi connectivity index (χ3n) is 3.06. The molecule has 0 fully saturated rings. The van der Waals surface area contributed by atoms with E-state index in [2.05, 4.69) is 22.2 Å². The van der Waals surface area contributed by atoms with Gasteiger partial charge in [0.1, 0.15) is 5.82 Å². The molecule has 100 valence electrons. The van der Waals surface area contributed by atoms with Crippen molar-refractivity contribution in [1.29, 1.82) is 0 Å². The highest BCUT2D eigenvalue weighted by Gasteiger charge is 2.17. The highest BCUT2D eigenvalue weighted by atomic mass is 16.5. The van der Waals surface area contributed by atoms with Crippen LogP contribution in [0.5, 0.6) is 0 Å². The van der Waals surface area contributed by atoms with Gasteiger partial charge in [-0.3, -0.25) is 0 Å². The predicted octanol–water partition coefficient (Wildman–Crippen LogP) is 0.848. The molecule has 1 aromatic rings. The Morgan fingerprint density at radius 1 is 1.17 bits per heavy atom. The van der Waals surface area contributed by atoms with E-state index in [0.29, 0.717) is 19.8 Å². The van der Waals surface area contributed by atoms with Crippen molar-refractivity contribution in [2.45, 2.75) is 32.9 Å². The van der Waals surface area contributed by atoms with Crippen molar-refractivity contribution in [2.24, 2.45) is 0 Å². The van der Waals surface area contributed by atoms with E-state index in [-0.39, 0.29) is 0 Å². The minimum Gasteiger partial charge on any atom is -0.382 e. The van der Waals surface area contributed by atoms with Gasteiger partial charge in [-0.05, 0) is 6.42 Å². The lowest BCUT2D eigenvalue weighted by atomic mass is 10.1. The Morgan fingerprint density at radius 2 is 2.06 bits per heavy atom. The van der Waals surface area contributed by atoms with Crippen LogP contribution in [-0.2, 0) is 35.4 Å². The molecule has 1 aromatic heterocycles. The molecule has 0 radical (unpaired) electrons. The maximum absolute atomic E-state index is 5.45. The third-order valence-corrected chi connectivity index (χ3v) is 3.06. The molecule has 2 rings (SSSR count). The number of aryl methyl sites for hydroxylation is 1. The van der Waals surface area contributed by atoms with Gasteiger partial charge in [0.25, 0.3) is 0 Å². The van der Waals surface area contributed by atoms with Crippen LogP contribution in [0.2, 0.25) is 0 Å². The number of fused-ring (bicyclic) bond motifs is 1. The molecule has 0 saturated heterocycles. The van der Waals surface area contributed by atoms with Crippen LogP contribution in [0.1, 0.15) is 29.7 Å². The summed E-state index contributed by atoms with van der Waals surface area (Å²) in [6.07, 6.45) is 1.73. The number of nitrogens with zero attached hydrogens (tertiary/aromatic N) is 2. The molecule has 0 atom stereocenters. The van der Waals surface area contributed by atoms with Crippen LogP contribution in [0.15, 0.2) is 0 Å². The van der Waals surface area contributed by atoms with Crippen LogP contribution in [0, 0.1) is 0 Å². The van der Waals surface area contributed by atoms with E-state index in [1.807, 2.05) is 0 Å². The Hall–Kier alpha value is -1.04. The Kier molecular flexibility index (Phi) is 5.04. The Morgan fingerprint density at radius 3 is 2.83 bits per heavy atom. The fraction of sp³-hybridized carbons (Fsp3) is 0.692. The van der Waals surface area contributed by atoms with Gasteiger partial charge >= 0.3 is 0 Å². The molecule has 0 bridgehead atoms. The molecule has 0 amide bonds. The van der Waals surface area contributed by atoms with Gasteiger partial charge in [-0.2, -0.15) is 0 Å². The summed E-state index contributed by atoms with van der Waals surface area (Å²) < 4.78 is 10.4. The number of aromatic nitrogens is 2. The van der Waals surface area contributed by atoms with E-state index >= 15 is 0 Å². The first-order valence-corrected chi connectivity index (χ1v) is 6.50. The third kappa shape index (κ3) is 3.25. The second-order valence-corrected chi connectivity index (χ2v) is 4.32. The fourth-order valence-electron chi connectivity index (χ4n) is 2.11. The average molecular weight is 251 g/mol. The minimum atomic E-state index is 0.629. The molecular formula is C13H21N3O2. The van der Waals surface area contributed by atoms with Crippen LogP contribution in [0.3, 0.4) is 0 Å². The van der Waals surface area contributed by atoms with Gasteiger partial charge in [0, 0.05) is 37.9 Å². The summed E-state index contributed by atoms with van der Waals surface area (Å²) in [4.78, 5) is 9.21. The molecule has 0 saturated carbocycles. The number of rotatable bonds is 7. The first-order valence-electron chi connectivity index (χ1n) is 6.50. The predicted molar refractivity (Wildman–Crippen MR) is 68.4 cm³/mol. The lowest BCUT2D eigenvalue weighted by Crippen LogP contribution is -2.10. The van der Waals surface area contributed by atoms with E-state index < -0.39 is 0 Å². The van der Waals surface area contributed by atoms with Crippen LogP contribution >= 0.6 is 0 Å². The smallest absolute Gasteiger partial charge is 0.131 e. The summed E-state index contributed by atoms with van der Waals surface area (Å²) in [5, 5.41) is 3.32. The van der Waals surface area contributed by atoms with Crippen molar-refractivity contribution in [3.63, 3.8) is 0 Å². The molecule has 0 aromatic carbocycles. The number of ether oxygens (including phenoxy) is 2. The molecule has 5 nitrogen and oxygen atoms in total. The van der Waals surface area contributed by atoms with Crippen LogP contribution in [-0.4, -0.2) is 36.9 Å². The standard InChI is InChI=1S/C13H21N3O2/c1-3-11-10-8-14-9-12(10)16-13(15-11)4-5-18-7-6-17-2/h14H,3-9H2,1-2H3. The van der Waals surface area contributed by atoms with Crippen molar-refractivity contribution in [3.05, 3.63) is 22.8 Å². The molecule has 0 aliphatic carbocycles. The highest BCUT2D eigenvalue weighted by Crippen LogP contribution is 2.17. The molecule has 18 heavy (non-hydrogen) atoms. The minimum absolute atomic E-state index is 0.629. The van der Waals surface area contributed by atoms with Crippen molar-refractivity contribution in [2.75, 3.05) is 26.9 Å². The quantitative estimate of drug-likeness (QED) is 0.728. The van der Waals surface area contributed by atoms with Crippen molar-refractivity contribution >= 4 is 0 Å². The Bertz CT molecular complexity index is 396. The second-order valence-electron chi connectivity index (χ2n) is 4.32. The maximum atomic E-state index is 5.45. The SMILES string of the molecule is CCc1nc(CCOCCOC)nc2c1CNC2. The normalized spacial score (nSPS) is 13.9. The Labute approximate surface area is 108 Å². The maximum Gasteiger partial charge on any atom is 0.131 e. The van der Waals surface area contributed by atoms with Crippen molar-refractivity contribution in [1.82, 2.24) is 15.3 Å². The molecule has 2 heterocycles. The number of hydrogen-bond donors (Lipinski definition) is 1. The summed E-state index contributed by atoms with van der Waals surface area (Å²) in [5.74, 6) is 0.895. The second kappa shape index (κ2) is 6.78. The number of methoxy groups -OCH3 is 1. The summed E-state index contributed by atoms with van der Waals surface area (Å²) in [5.41, 5.74) is 3.63. The van der Waals surface area contributed by atoms with Crippen LogP contribution in [0.25, 0.3) is 0 Å². The zero-order valence-electron chi connectivity index (χ0n) is 11.2. The number of nitrogens with one attached hydrogen (secondary N) is 1. The van der Waals surface area contributed by atoms with Crippen LogP contribution in [0.4, 0.5) is 0 Å². The average Bonchev–Trinajstić information content (AvgIpc) is 2.85. The molecule has 0 spiro atoms. The first kappa shape index (κ1) is 13.4. The van der Waals surface area contributed by atoms with E-state index in [1.54, 1.807) is 7.11 Å². The van der Waals surface area contributed by atoms with Crippen molar-refractivity contribution in [3.8, 4) is 0 Å². The lowest BCUT2D eigenvalue weighted by molar-refractivity contribution is 0.0716. The van der Waals surface area contributed by atoms with Gasteiger partial charge in [-0.15, -0.1) is 0 Å². The van der Waals surface area contributed by atoms with Gasteiger partial charge in [-0.1, -0.05) is 6.92 Å². The summed E-state index contributed by atoms with van der Waals surface area (Å²) in [7, 11) is 1.67. The van der Waals surface area contributed by atoms with E-state index in [0.717, 1.165) is 37.4 Å². The molecule has 0 unspecified atom stereocenters.